The summed E-state index contributed by atoms with van der Waals surface area (Å²) in [6, 6.07) is 6.62. The molecule has 4 nitrogen and oxygen atoms in total. The molecule has 0 aliphatic heterocycles. The second-order valence-electron chi connectivity index (χ2n) is 6.01. The summed E-state index contributed by atoms with van der Waals surface area (Å²) in [6.07, 6.45) is 13.6. The summed E-state index contributed by atoms with van der Waals surface area (Å²) in [5.41, 5.74) is 1.12. The van der Waals surface area contributed by atoms with Crippen molar-refractivity contribution in [3.8, 4) is 5.82 Å². The van der Waals surface area contributed by atoms with E-state index in [1.165, 1.54) is 38.5 Å². The molecule has 0 bridgehead atoms. The summed E-state index contributed by atoms with van der Waals surface area (Å²) < 4.78 is 1.78. The molecule has 1 aliphatic rings. The molecule has 0 spiro atoms. The van der Waals surface area contributed by atoms with Crippen LogP contribution < -0.4 is 5.32 Å². The smallest absolute Gasteiger partial charge is 0.153 e. The van der Waals surface area contributed by atoms with E-state index in [0.717, 1.165) is 17.4 Å². The molecule has 4 heteroatoms. The molecule has 0 radical (unpaired) electrons. The Labute approximate surface area is 126 Å². The quantitative estimate of drug-likeness (QED) is 0.901. The molecular formula is C17H24N4. The lowest BCUT2D eigenvalue weighted by molar-refractivity contribution is 0.319. The highest BCUT2D eigenvalue weighted by atomic mass is 15.3. The predicted molar refractivity (Wildman–Crippen MR) is 85.6 cm³/mol. The lowest BCUT2D eigenvalue weighted by Gasteiger charge is -2.29. The number of nitrogens with one attached hydrogen (secondary N) is 1. The third kappa shape index (κ3) is 3.63. The molecule has 0 saturated heterocycles. The van der Waals surface area contributed by atoms with Crippen LogP contribution in [0, 0.1) is 5.92 Å². The molecule has 3 rings (SSSR count). The van der Waals surface area contributed by atoms with Crippen LogP contribution in [0.1, 0.15) is 45.4 Å². The Morgan fingerprint density at radius 2 is 2.10 bits per heavy atom. The van der Waals surface area contributed by atoms with E-state index in [2.05, 4.69) is 28.4 Å². The van der Waals surface area contributed by atoms with Crippen LogP contribution >= 0.6 is 0 Å². The molecule has 1 N–H and O–H groups in total. The molecular weight excluding hydrogens is 260 g/mol. The summed E-state index contributed by atoms with van der Waals surface area (Å²) >= 11 is 0. The first-order valence-corrected chi connectivity index (χ1v) is 8.07. The van der Waals surface area contributed by atoms with Gasteiger partial charge in [0.1, 0.15) is 0 Å². The van der Waals surface area contributed by atoms with Crippen molar-refractivity contribution in [2.45, 2.75) is 51.5 Å². The van der Waals surface area contributed by atoms with Gasteiger partial charge in [-0.2, -0.15) is 5.10 Å². The Morgan fingerprint density at radius 3 is 2.71 bits per heavy atom. The van der Waals surface area contributed by atoms with Gasteiger partial charge in [-0.05, 0) is 49.8 Å². The number of anilines is 1. The van der Waals surface area contributed by atoms with Crippen LogP contribution in [0.15, 0.2) is 36.8 Å². The molecule has 1 aliphatic carbocycles. The number of nitrogens with zero attached hydrogens (tertiary/aromatic N) is 3. The van der Waals surface area contributed by atoms with Gasteiger partial charge in [0, 0.05) is 18.4 Å². The number of pyridine rings is 1. The summed E-state index contributed by atoms with van der Waals surface area (Å²) in [4.78, 5) is 4.47. The number of hydrogen-bond donors (Lipinski definition) is 1. The normalized spacial score (nSPS) is 22.1. The van der Waals surface area contributed by atoms with E-state index >= 15 is 0 Å². The highest BCUT2D eigenvalue weighted by molar-refractivity contribution is 5.44. The van der Waals surface area contributed by atoms with E-state index in [1.807, 2.05) is 24.5 Å². The van der Waals surface area contributed by atoms with Gasteiger partial charge in [-0.1, -0.05) is 19.8 Å². The maximum Gasteiger partial charge on any atom is 0.153 e. The van der Waals surface area contributed by atoms with E-state index in [4.69, 9.17) is 0 Å². The minimum absolute atomic E-state index is 0.607. The molecule has 0 aromatic carbocycles. The lowest BCUT2D eigenvalue weighted by Crippen LogP contribution is -2.26. The first kappa shape index (κ1) is 14.1. The van der Waals surface area contributed by atoms with E-state index in [0.29, 0.717) is 6.04 Å². The Hall–Kier alpha value is -1.84. The zero-order chi connectivity index (χ0) is 14.5. The maximum atomic E-state index is 4.47. The topological polar surface area (TPSA) is 42.7 Å². The van der Waals surface area contributed by atoms with Crippen LogP contribution in [0.5, 0.6) is 0 Å². The standard InChI is InChI=1S/C17H24N4/c1-2-4-14-5-7-15(8-6-14)20-16-9-10-17(18-13-16)21-12-3-11-19-21/h3,9-15,20H,2,4-8H2,1H3. The molecule has 2 aromatic heterocycles. The van der Waals surface area contributed by atoms with Gasteiger partial charge in [0.05, 0.1) is 11.9 Å². The van der Waals surface area contributed by atoms with Gasteiger partial charge in [0.25, 0.3) is 0 Å². The fourth-order valence-corrected chi connectivity index (χ4v) is 3.25. The molecule has 112 valence electrons. The minimum Gasteiger partial charge on any atom is -0.381 e. The second-order valence-corrected chi connectivity index (χ2v) is 6.01. The Balaban J connectivity index is 1.54. The second kappa shape index (κ2) is 6.74. The lowest BCUT2D eigenvalue weighted by atomic mass is 9.83. The summed E-state index contributed by atoms with van der Waals surface area (Å²) in [6.45, 7) is 2.29. The van der Waals surface area contributed by atoms with Crippen molar-refractivity contribution < 1.29 is 0 Å². The zero-order valence-corrected chi connectivity index (χ0v) is 12.7. The van der Waals surface area contributed by atoms with Gasteiger partial charge in [-0.25, -0.2) is 9.67 Å². The summed E-state index contributed by atoms with van der Waals surface area (Å²) in [7, 11) is 0. The van der Waals surface area contributed by atoms with Gasteiger partial charge in [-0.15, -0.1) is 0 Å². The van der Waals surface area contributed by atoms with E-state index < -0.39 is 0 Å². The molecule has 21 heavy (non-hydrogen) atoms. The number of aromatic nitrogens is 3. The van der Waals surface area contributed by atoms with Crippen LogP contribution in [0.2, 0.25) is 0 Å². The number of hydrogen-bond acceptors (Lipinski definition) is 3. The third-order valence-corrected chi connectivity index (χ3v) is 4.40. The van der Waals surface area contributed by atoms with Crippen molar-refractivity contribution in [2.24, 2.45) is 5.92 Å². The fraction of sp³-hybridized carbons (Fsp3) is 0.529. The van der Waals surface area contributed by atoms with Crippen LogP contribution in [0.25, 0.3) is 5.82 Å². The van der Waals surface area contributed by atoms with Crippen LogP contribution in [-0.4, -0.2) is 20.8 Å². The SMILES string of the molecule is CCCC1CCC(Nc2ccc(-n3cccn3)nc2)CC1. The molecule has 1 fully saturated rings. The van der Waals surface area contributed by atoms with Gasteiger partial charge in [0.15, 0.2) is 5.82 Å². The van der Waals surface area contributed by atoms with Crippen molar-refractivity contribution >= 4 is 5.69 Å². The fourth-order valence-electron chi connectivity index (χ4n) is 3.25. The largest absolute Gasteiger partial charge is 0.381 e. The van der Waals surface area contributed by atoms with Crippen molar-refractivity contribution in [2.75, 3.05) is 5.32 Å². The average molecular weight is 284 g/mol. The van der Waals surface area contributed by atoms with Gasteiger partial charge in [0.2, 0.25) is 0 Å². The van der Waals surface area contributed by atoms with E-state index in [9.17, 15) is 0 Å². The summed E-state index contributed by atoms with van der Waals surface area (Å²) in [5.74, 6) is 1.81. The summed E-state index contributed by atoms with van der Waals surface area (Å²) in [5, 5.41) is 7.82. The number of rotatable bonds is 5. The first-order valence-electron chi connectivity index (χ1n) is 8.07. The molecule has 2 aromatic rings. The van der Waals surface area contributed by atoms with Gasteiger partial charge >= 0.3 is 0 Å². The predicted octanol–water partition coefficient (Wildman–Crippen LogP) is 4.04. The molecule has 1 saturated carbocycles. The van der Waals surface area contributed by atoms with Crippen LogP contribution in [-0.2, 0) is 0 Å². The Kier molecular flexibility index (Phi) is 4.53. The van der Waals surface area contributed by atoms with E-state index in [1.54, 1.807) is 10.9 Å². The monoisotopic (exact) mass is 284 g/mol. The molecule has 0 unspecified atom stereocenters. The van der Waals surface area contributed by atoms with Gasteiger partial charge in [-0.3, -0.25) is 0 Å². The Bertz CT molecular complexity index is 524. The zero-order valence-electron chi connectivity index (χ0n) is 12.7. The van der Waals surface area contributed by atoms with Crippen molar-refractivity contribution in [1.29, 1.82) is 0 Å². The molecule has 0 amide bonds. The highest BCUT2D eigenvalue weighted by Crippen LogP contribution is 2.29. The van der Waals surface area contributed by atoms with Crippen LogP contribution in [0.3, 0.4) is 0 Å². The van der Waals surface area contributed by atoms with Crippen LogP contribution in [0.4, 0.5) is 5.69 Å². The highest BCUT2D eigenvalue weighted by Gasteiger charge is 2.20. The Morgan fingerprint density at radius 1 is 1.24 bits per heavy atom. The van der Waals surface area contributed by atoms with E-state index in [-0.39, 0.29) is 0 Å². The maximum absolute atomic E-state index is 4.47. The van der Waals surface area contributed by atoms with Crippen molar-refractivity contribution in [1.82, 2.24) is 14.8 Å². The first-order chi connectivity index (χ1) is 10.3. The van der Waals surface area contributed by atoms with Crippen molar-refractivity contribution in [3.63, 3.8) is 0 Å². The molecule has 0 atom stereocenters. The minimum atomic E-state index is 0.607. The van der Waals surface area contributed by atoms with Crippen molar-refractivity contribution in [3.05, 3.63) is 36.8 Å². The third-order valence-electron chi connectivity index (χ3n) is 4.40. The average Bonchev–Trinajstić information content (AvgIpc) is 3.05. The van der Waals surface area contributed by atoms with Gasteiger partial charge < -0.3 is 5.32 Å². The molecule has 2 heterocycles.